The average Bonchev–Trinajstić information content (AvgIpc) is 1.72. The molecule has 1 rings (SSSR count). The van der Waals surface area contributed by atoms with Gasteiger partial charge in [0.1, 0.15) is 0 Å². The molecule has 0 heterocycles. The molecular formula is C6H11Pd. The molecule has 0 aromatic carbocycles. The third-order valence-corrected chi connectivity index (χ3v) is 1.32. The van der Waals surface area contributed by atoms with E-state index in [0.29, 0.717) is 0 Å². The summed E-state index contributed by atoms with van der Waals surface area (Å²) in [6.07, 6.45) is 9.50. The van der Waals surface area contributed by atoms with Gasteiger partial charge in [0.15, 0.2) is 0 Å². The molecule has 0 atom stereocenters. The first-order chi connectivity index (χ1) is 3.00. The molecule has 1 radical (unpaired) electrons. The van der Waals surface area contributed by atoms with Crippen molar-refractivity contribution in [1.82, 2.24) is 0 Å². The van der Waals surface area contributed by atoms with Gasteiger partial charge in [-0.2, -0.15) is 0 Å². The summed E-state index contributed by atoms with van der Waals surface area (Å²) in [5.41, 5.74) is 0. The van der Waals surface area contributed by atoms with Crippen LogP contribution in [-0.2, 0) is 20.4 Å². The summed E-state index contributed by atoms with van der Waals surface area (Å²) in [4.78, 5) is 0. The maximum absolute atomic E-state index is 2.39. The van der Waals surface area contributed by atoms with Gasteiger partial charge in [-0.25, -0.2) is 0 Å². The Kier molecular flexibility index (Phi) is 5.27. The average molecular weight is 190 g/mol. The van der Waals surface area contributed by atoms with Crippen molar-refractivity contribution in [2.45, 2.75) is 32.1 Å². The Morgan fingerprint density at radius 3 is 1.57 bits per heavy atom. The quantitative estimate of drug-likeness (QED) is 0.513. The first-order valence-electron chi connectivity index (χ1n) is 2.82. The standard InChI is InChI=1S/C6H11.Pd/c1-2-4-6-5-3-1;/h1H,2-6H2;. The van der Waals surface area contributed by atoms with Gasteiger partial charge in [-0.1, -0.05) is 32.1 Å². The van der Waals surface area contributed by atoms with E-state index in [1.807, 2.05) is 0 Å². The predicted octanol–water partition coefficient (Wildman–Crippen LogP) is 2.15. The van der Waals surface area contributed by atoms with Gasteiger partial charge < -0.3 is 0 Å². The van der Waals surface area contributed by atoms with Crippen molar-refractivity contribution in [3.05, 3.63) is 6.42 Å². The number of rotatable bonds is 0. The van der Waals surface area contributed by atoms with Crippen molar-refractivity contribution in [2.75, 3.05) is 0 Å². The van der Waals surface area contributed by atoms with Crippen LogP contribution in [0.4, 0.5) is 0 Å². The van der Waals surface area contributed by atoms with E-state index in [0.717, 1.165) is 0 Å². The van der Waals surface area contributed by atoms with Gasteiger partial charge in [-0.15, -0.1) is 0 Å². The molecule has 1 saturated carbocycles. The van der Waals surface area contributed by atoms with Gasteiger partial charge in [0.25, 0.3) is 0 Å². The zero-order valence-corrected chi connectivity index (χ0v) is 5.98. The van der Waals surface area contributed by atoms with Crippen molar-refractivity contribution in [2.24, 2.45) is 0 Å². The van der Waals surface area contributed by atoms with Crippen LogP contribution in [0.15, 0.2) is 0 Å². The molecule has 7 heavy (non-hydrogen) atoms. The minimum absolute atomic E-state index is 0. The second-order valence-corrected chi connectivity index (χ2v) is 1.93. The molecule has 1 fully saturated rings. The van der Waals surface area contributed by atoms with Crippen molar-refractivity contribution >= 4 is 0 Å². The van der Waals surface area contributed by atoms with Crippen LogP contribution >= 0.6 is 0 Å². The maximum atomic E-state index is 2.39. The van der Waals surface area contributed by atoms with Crippen LogP contribution in [0.5, 0.6) is 0 Å². The van der Waals surface area contributed by atoms with E-state index in [9.17, 15) is 0 Å². The van der Waals surface area contributed by atoms with Crippen LogP contribution in [0.1, 0.15) is 32.1 Å². The van der Waals surface area contributed by atoms with Gasteiger partial charge >= 0.3 is 0 Å². The molecule has 0 saturated heterocycles. The Bertz CT molecular complexity index is 19.7. The van der Waals surface area contributed by atoms with Crippen molar-refractivity contribution in [1.29, 1.82) is 0 Å². The molecule has 0 spiro atoms. The number of hydrogen-bond acceptors (Lipinski definition) is 0. The Morgan fingerprint density at radius 2 is 1.43 bits per heavy atom. The van der Waals surface area contributed by atoms with Crippen LogP contribution in [0.2, 0.25) is 0 Å². The largest absolute Gasteiger partial charge is 0.0533 e. The summed E-state index contributed by atoms with van der Waals surface area (Å²) >= 11 is 0. The monoisotopic (exact) mass is 189 g/mol. The molecule has 45 valence electrons. The minimum Gasteiger partial charge on any atom is -0.0533 e. The topological polar surface area (TPSA) is 0 Å². The molecule has 0 unspecified atom stereocenters. The van der Waals surface area contributed by atoms with Crippen molar-refractivity contribution in [3.8, 4) is 0 Å². The summed E-state index contributed by atoms with van der Waals surface area (Å²) in [7, 11) is 0. The predicted molar refractivity (Wildman–Crippen MR) is 27.4 cm³/mol. The summed E-state index contributed by atoms with van der Waals surface area (Å²) in [6.45, 7) is 0. The third-order valence-electron chi connectivity index (χ3n) is 1.32. The molecule has 1 aliphatic rings. The first-order valence-corrected chi connectivity index (χ1v) is 2.82. The van der Waals surface area contributed by atoms with E-state index in [2.05, 4.69) is 6.42 Å². The van der Waals surface area contributed by atoms with E-state index >= 15 is 0 Å². The van der Waals surface area contributed by atoms with Crippen LogP contribution < -0.4 is 0 Å². The van der Waals surface area contributed by atoms with Crippen LogP contribution in [-0.4, -0.2) is 0 Å². The van der Waals surface area contributed by atoms with Gasteiger partial charge in [-0.3, -0.25) is 0 Å². The van der Waals surface area contributed by atoms with E-state index in [4.69, 9.17) is 0 Å². The molecule has 1 heteroatoms. The fourth-order valence-corrected chi connectivity index (χ4v) is 0.898. The molecule has 0 aliphatic heterocycles. The fourth-order valence-electron chi connectivity index (χ4n) is 0.898. The molecule has 1 aliphatic carbocycles. The smallest absolute Gasteiger partial charge is 0 e. The molecular weight excluding hydrogens is 178 g/mol. The SMILES string of the molecule is [CH]1CCCCC1.[Pd]. The summed E-state index contributed by atoms with van der Waals surface area (Å²) in [5.74, 6) is 0. The maximum Gasteiger partial charge on any atom is 0 e. The Morgan fingerprint density at radius 1 is 0.857 bits per heavy atom. The summed E-state index contributed by atoms with van der Waals surface area (Å²) in [5, 5.41) is 0. The number of hydrogen-bond donors (Lipinski definition) is 0. The van der Waals surface area contributed by atoms with Crippen molar-refractivity contribution < 1.29 is 20.4 Å². The second-order valence-electron chi connectivity index (χ2n) is 1.93. The second kappa shape index (κ2) is 4.81. The zero-order chi connectivity index (χ0) is 4.24. The van der Waals surface area contributed by atoms with Crippen molar-refractivity contribution in [3.63, 3.8) is 0 Å². The third kappa shape index (κ3) is 3.26. The van der Waals surface area contributed by atoms with E-state index < -0.39 is 0 Å². The van der Waals surface area contributed by atoms with Crippen LogP contribution in [0, 0.1) is 6.42 Å². The van der Waals surface area contributed by atoms with Gasteiger partial charge in [0.2, 0.25) is 0 Å². The van der Waals surface area contributed by atoms with Crippen LogP contribution in [0.25, 0.3) is 0 Å². The van der Waals surface area contributed by atoms with E-state index in [1.54, 1.807) is 0 Å². The van der Waals surface area contributed by atoms with Gasteiger partial charge in [-0.05, 0) is 6.42 Å². The molecule has 0 amide bonds. The van der Waals surface area contributed by atoms with Gasteiger partial charge in [0.05, 0.1) is 0 Å². The molecule has 0 N–H and O–H groups in total. The summed E-state index contributed by atoms with van der Waals surface area (Å²) < 4.78 is 0. The molecule has 0 aromatic heterocycles. The molecule has 0 nitrogen and oxygen atoms in total. The minimum atomic E-state index is 0. The van der Waals surface area contributed by atoms with E-state index in [-0.39, 0.29) is 20.4 Å². The normalized spacial score (nSPS) is 20.6. The van der Waals surface area contributed by atoms with Gasteiger partial charge in [0, 0.05) is 20.4 Å². The fraction of sp³-hybridized carbons (Fsp3) is 0.833. The van der Waals surface area contributed by atoms with Crippen LogP contribution in [0.3, 0.4) is 0 Å². The van der Waals surface area contributed by atoms with E-state index in [1.165, 1.54) is 32.1 Å². The first kappa shape index (κ1) is 7.66. The Balaban J connectivity index is 0.000000360. The Hall–Kier alpha value is 0.662. The zero-order valence-electron chi connectivity index (χ0n) is 4.43. The summed E-state index contributed by atoms with van der Waals surface area (Å²) in [6, 6.07) is 0. The molecule has 0 bridgehead atoms. The molecule has 0 aromatic rings. The Labute approximate surface area is 59.3 Å².